The van der Waals surface area contributed by atoms with Crippen molar-refractivity contribution in [1.29, 1.82) is 0 Å². The number of H-pyrrole nitrogens is 1. The third kappa shape index (κ3) is 2.54. The van der Waals surface area contributed by atoms with Crippen LogP contribution in [-0.4, -0.2) is 9.97 Å². The highest BCUT2D eigenvalue weighted by atomic mass is 79.9. The number of aromatic amines is 1. The van der Waals surface area contributed by atoms with Gasteiger partial charge in [-0.3, -0.25) is 4.79 Å². The molecule has 3 rings (SSSR count). The lowest BCUT2D eigenvalue weighted by atomic mass is 10.1. The molecule has 0 spiro atoms. The molecule has 0 radical (unpaired) electrons. The first-order chi connectivity index (χ1) is 9.06. The highest BCUT2D eigenvalue weighted by molar-refractivity contribution is 9.10. The van der Waals surface area contributed by atoms with E-state index in [0.717, 1.165) is 34.1 Å². The molecular weight excluding hydrogens is 372 g/mol. The SMILES string of the molecule is Cc1cc(Br)ccc1-c1nc(C2CC2)c(Br)c(=O)[nH]1. The van der Waals surface area contributed by atoms with E-state index in [-0.39, 0.29) is 5.56 Å². The van der Waals surface area contributed by atoms with Crippen LogP contribution in [0.3, 0.4) is 0 Å². The molecule has 1 saturated carbocycles. The first-order valence-corrected chi connectivity index (χ1v) is 7.71. The number of aryl methyl sites for hydroxylation is 1. The average molecular weight is 384 g/mol. The summed E-state index contributed by atoms with van der Waals surface area (Å²) in [5, 5.41) is 0. The molecule has 1 aromatic carbocycles. The van der Waals surface area contributed by atoms with Gasteiger partial charge < -0.3 is 4.98 Å². The normalized spacial score (nSPS) is 14.7. The number of rotatable bonds is 2. The monoisotopic (exact) mass is 382 g/mol. The van der Waals surface area contributed by atoms with Crippen LogP contribution in [0.5, 0.6) is 0 Å². The third-order valence-electron chi connectivity index (χ3n) is 3.30. The van der Waals surface area contributed by atoms with Crippen molar-refractivity contribution in [2.24, 2.45) is 0 Å². The fourth-order valence-electron chi connectivity index (χ4n) is 2.12. The number of hydrogen-bond acceptors (Lipinski definition) is 2. The Morgan fingerprint density at radius 2 is 2.05 bits per heavy atom. The van der Waals surface area contributed by atoms with E-state index in [9.17, 15) is 4.79 Å². The molecule has 1 aromatic heterocycles. The zero-order valence-electron chi connectivity index (χ0n) is 10.3. The molecule has 0 amide bonds. The van der Waals surface area contributed by atoms with Crippen LogP contribution in [0.2, 0.25) is 0 Å². The van der Waals surface area contributed by atoms with Gasteiger partial charge in [0.05, 0.1) is 5.69 Å². The number of nitrogens with zero attached hydrogens (tertiary/aromatic N) is 1. The third-order valence-corrected chi connectivity index (χ3v) is 4.56. The summed E-state index contributed by atoms with van der Waals surface area (Å²) in [6.45, 7) is 2.01. The number of benzene rings is 1. The Hall–Kier alpha value is -0.940. The number of halogens is 2. The van der Waals surface area contributed by atoms with Crippen molar-refractivity contribution in [1.82, 2.24) is 9.97 Å². The van der Waals surface area contributed by atoms with E-state index in [1.165, 1.54) is 0 Å². The molecule has 1 aliphatic rings. The van der Waals surface area contributed by atoms with Crippen molar-refractivity contribution in [2.45, 2.75) is 25.7 Å². The van der Waals surface area contributed by atoms with Gasteiger partial charge in [0.1, 0.15) is 10.3 Å². The van der Waals surface area contributed by atoms with Crippen molar-refractivity contribution in [3.05, 3.63) is 48.8 Å². The largest absolute Gasteiger partial charge is 0.306 e. The van der Waals surface area contributed by atoms with Crippen LogP contribution in [0.25, 0.3) is 11.4 Å². The van der Waals surface area contributed by atoms with Gasteiger partial charge in [0.25, 0.3) is 5.56 Å². The van der Waals surface area contributed by atoms with Gasteiger partial charge in [0.15, 0.2) is 0 Å². The fraction of sp³-hybridized carbons (Fsp3) is 0.286. The minimum absolute atomic E-state index is 0.103. The van der Waals surface area contributed by atoms with Gasteiger partial charge in [-0.05, 0) is 59.5 Å². The molecule has 5 heteroatoms. The van der Waals surface area contributed by atoms with E-state index in [1.807, 2.05) is 25.1 Å². The van der Waals surface area contributed by atoms with Crippen molar-refractivity contribution in [3.8, 4) is 11.4 Å². The van der Waals surface area contributed by atoms with Crippen LogP contribution in [0.4, 0.5) is 0 Å². The Morgan fingerprint density at radius 3 is 2.68 bits per heavy atom. The molecule has 0 atom stereocenters. The maximum Gasteiger partial charge on any atom is 0.265 e. The Balaban J connectivity index is 2.17. The van der Waals surface area contributed by atoms with Gasteiger partial charge in [-0.1, -0.05) is 15.9 Å². The predicted octanol–water partition coefficient (Wildman–Crippen LogP) is 4.15. The molecule has 0 aliphatic heterocycles. The van der Waals surface area contributed by atoms with Gasteiger partial charge in [0, 0.05) is 16.0 Å². The Bertz CT molecular complexity index is 705. The Morgan fingerprint density at radius 1 is 1.32 bits per heavy atom. The van der Waals surface area contributed by atoms with Crippen LogP contribution in [0, 0.1) is 6.92 Å². The molecule has 0 saturated heterocycles. The summed E-state index contributed by atoms with van der Waals surface area (Å²) in [4.78, 5) is 19.5. The summed E-state index contributed by atoms with van der Waals surface area (Å²) in [6, 6.07) is 5.96. The summed E-state index contributed by atoms with van der Waals surface area (Å²) in [5.41, 5.74) is 2.84. The Labute approximate surface area is 127 Å². The van der Waals surface area contributed by atoms with Crippen LogP contribution in [-0.2, 0) is 0 Å². The molecule has 19 heavy (non-hydrogen) atoms. The van der Waals surface area contributed by atoms with E-state index in [1.54, 1.807) is 0 Å². The van der Waals surface area contributed by atoms with Crippen molar-refractivity contribution in [3.63, 3.8) is 0 Å². The van der Waals surface area contributed by atoms with E-state index in [2.05, 4.69) is 41.8 Å². The van der Waals surface area contributed by atoms with E-state index in [0.29, 0.717) is 16.2 Å². The van der Waals surface area contributed by atoms with Gasteiger partial charge in [0.2, 0.25) is 0 Å². The van der Waals surface area contributed by atoms with Crippen LogP contribution < -0.4 is 5.56 Å². The zero-order chi connectivity index (χ0) is 13.6. The summed E-state index contributed by atoms with van der Waals surface area (Å²) >= 11 is 6.79. The second-order valence-electron chi connectivity index (χ2n) is 4.85. The Kier molecular flexibility index (Phi) is 3.35. The van der Waals surface area contributed by atoms with Crippen molar-refractivity contribution < 1.29 is 0 Å². The van der Waals surface area contributed by atoms with Crippen molar-refractivity contribution in [2.75, 3.05) is 0 Å². The number of aromatic nitrogens is 2. The highest BCUT2D eigenvalue weighted by Gasteiger charge is 2.29. The molecule has 1 fully saturated rings. The lowest BCUT2D eigenvalue weighted by molar-refractivity contribution is 0.959. The van der Waals surface area contributed by atoms with Crippen molar-refractivity contribution >= 4 is 31.9 Å². The molecule has 1 N–H and O–H groups in total. The molecule has 98 valence electrons. The van der Waals surface area contributed by atoms with Crippen LogP contribution >= 0.6 is 31.9 Å². The molecule has 0 unspecified atom stereocenters. The summed E-state index contributed by atoms with van der Waals surface area (Å²) in [7, 11) is 0. The lowest BCUT2D eigenvalue weighted by Crippen LogP contribution is -2.13. The maximum atomic E-state index is 12.0. The number of nitrogens with one attached hydrogen (secondary N) is 1. The molecule has 0 bridgehead atoms. The second kappa shape index (κ2) is 4.87. The first kappa shape index (κ1) is 13.1. The van der Waals surface area contributed by atoms with Gasteiger partial charge in [-0.25, -0.2) is 4.98 Å². The smallest absolute Gasteiger partial charge is 0.265 e. The minimum atomic E-state index is -0.103. The zero-order valence-corrected chi connectivity index (χ0v) is 13.5. The molecule has 1 aliphatic carbocycles. The summed E-state index contributed by atoms with van der Waals surface area (Å²) in [5.74, 6) is 1.09. The standard InChI is InChI=1S/C14H12Br2N2O/c1-7-6-9(15)4-5-10(7)13-17-12(8-2-3-8)11(16)14(19)18-13/h4-6,8H,2-3H2,1H3,(H,17,18,19). The molecule has 1 heterocycles. The van der Waals surface area contributed by atoms with E-state index >= 15 is 0 Å². The summed E-state index contributed by atoms with van der Waals surface area (Å²) in [6.07, 6.45) is 2.24. The van der Waals surface area contributed by atoms with E-state index in [4.69, 9.17) is 0 Å². The quantitative estimate of drug-likeness (QED) is 0.846. The fourth-order valence-corrected chi connectivity index (χ4v) is 3.11. The van der Waals surface area contributed by atoms with Gasteiger partial charge >= 0.3 is 0 Å². The molecule has 3 nitrogen and oxygen atoms in total. The number of hydrogen-bond donors (Lipinski definition) is 1. The predicted molar refractivity (Wildman–Crippen MR) is 82.4 cm³/mol. The van der Waals surface area contributed by atoms with E-state index < -0.39 is 0 Å². The first-order valence-electron chi connectivity index (χ1n) is 6.12. The highest BCUT2D eigenvalue weighted by Crippen LogP contribution is 2.41. The lowest BCUT2D eigenvalue weighted by Gasteiger charge is -2.08. The molecular formula is C14H12Br2N2O. The second-order valence-corrected chi connectivity index (χ2v) is 6.56. The molecule has 2 aromatic rings. The summed E-state index contributed by atoms with van der Waals surface area (Å²) < 4.78 is 1.60. The van der Waals surface area contributed by atoms with Gasteiger partial charge in [-0.15, -0.1) is 0 Å². The van der Waals surface area contributed by atoms with Crippen LogP contribution in [0.15, 0.2) is 31.9 Å². The van der Waals surface area contributed by atoms with Crippen LogP contribution in [0.1, 0.15) is 30.0 Å². The topological polar surface area (TPSA) is 45.8 Å². The maximum absolute atomic E-state index is 12.0. The van der Waals surface area contributed by atoms with Gasteiger partial charge in [-0.2, -0.15) is 0 Å². The average Bonchev–Trinajstić information content (AvgIpc) is 3.17. The minimum Gasteiger partial charge on any atom is -0.306 e.